The van der Waals surface area contributed by atoms with Gasteiger partial charge in [-0.25, -0.2) is 8.42 Å². The van der Waals surface area contributed by atoms with Crippen LogP contribution >= 0.6 is 0 Å². The molecule has 0 aliphatic heterocycles. The van der Waals surface area contributed by atoms with E-state index in [4.69, 9.17) is 15.2 Å². The Morgan fingerprint density at radius 3 is 2.57 bits per heavy atom. The van der Waals surface area contributed by atoms with Gasteiger partial charge in [-0.05, 0) is 18.6 Å². The lowest BCUT2D eigenvalue weighted by atomic mass is 10.3. The predicted molar refractivity (Wildman–Crippen MR) is 79.3 cm³/mol. The van der Waals surface area contributed by atoms with Crippen LogP contribution in [0.15, 0.2) is 23.2 Å². The van der Waals surface area contributed by atoms with Gasteiger partial charge >= 0.3 is 0 Å². The summed E-state index contributed by atoms with van der Waals surface area (Å²) in [6.07, 6.45) is 2.14. The summed E-state index contributed by atoms with van der Waals surface area (Å²) in [6.45, 7) is 1.53. The summed E-state index contributed by atoms with van der Waals surface area (Å²) in [7, 11) is -0.519. The SMILES string of the molecule is COCCCN(CCOC)S(=O)(=O)c1cccnc1CN. The second-order valence-electron chi connectivity index (χ2n) is 4.40. The number of aromatic nitrogens is 1. The van der Waals surface area contributed by atoms with Crippen molar-refractivity contribution < 1.29 is 17.9 Å². The van der Waals surface area contributed by atoms with Gasteiger partial charge in [0, 0.05) is 46.7 Å². The molecule has 7 nitrogen and oxygen atoms in total. The monoisotopic (exact) mass is 317 g/mol. The highest BCUT2D eigenvalue weighted by molar-refractivity contribution is 7.89. The van der Waals surface area contributed by atoms with Crippen molar-refractivity contribution in [3.05, 3.63) is 24.0 Å². The number of rotatable bonds is 10. The smallest absolute Gasteiger partial charge is 0.245 e. The van der Waals surface area contributed by atoms with Crippen molar-refractivity contribution in [3.8, 4) is 0 Å². The zero-order chi connectivity index (χ0) is 15.7. The Kier molecular flexibility index (Phi) is 7.76. The summed E-state index contributed by atoms with van der Waals surface area (Å²) in [4.78, 5) is 4.19. The minimum atomic E-state index is -3.64. The van der Waals surface area contributed by atoms with E-state index in [-0.39, 0.29) is 18.0 Å². The predicted octanol–water partition coefficient (Wildman–Crippen LogP) is 0.214. The average Bonchev–Trinajstić information content (AvgIpc) is 2.50. The maximum atomic E-state index is 12.7. The van der Waals surface area contributed by atoms with Gasteiger partial charge in [0.1, 0.15) is 4.90 Å². The topological polar surface area (TPSA) is 94.8 Å². The molecule has 8 heteroatoms. The number of sulfonamides is 1. The highest BCUT2D eigenvalue weighted by Gasteiger charge is 2.26. The van der Waals surface area contributed by atoms with Crippen molar-refractivity contribution in [2.45, 2.75) is 17.9 Å². The van der Waals surface area contributed by atoms with Crippen molar-refractivity contribution in [2.24, 2.45) is 5.73 Å². The van der Waals surface area contributed by atoms with Crippen molar-refractivity contribution in [2.75, 3.05) is 40.5 Å². The Hall–Kier alpha value is -1.06. The van der Waals surface area contributed by atoms with Gasteiger partial charge in [-0.2, -0.15) is 4.31 Å². The molecule has 120 valence electrons. The van der Waals surface area contributed by atoms with Gasteiger partial charge in [0.05, 0.1) is 12.3 Å². The molecule has 0 saturated carbocycles. The molecule has 0 bridgehead atoms. The number of methoxy groups -OCH3 is 2. The number of nitrogens with two attached hydrogens (primary N) is 1. The number of hydrogen-bond acceptors (Lipinski definition) is 6. The summed E-state index contributed by atoms with van der Waals surface area (Å²) >= 11 is 0. The molecule has 2 N–H and O–H groups in total. The van der Waals surface area contributed by atoms with E-state index in [0.717, 1.165) is 0 Å². The van der Waals surface area contributed by atoms with Crippen LogP contribution in [0.2, 0.25) is 0 Å². The van der Waals surface area contributed by atoms with E-state index in [1.54, 1.807) is 13.2 Å². The fraction of sp³-hybridized carbons (Fsp3) is 0.615. The van der Waals surface area contributed by atoms with Crippen LogP contribution in [0.4, 0.5) is 0 Å². The van der Waals surface area contributed by atoms with Crippen LogP contribution in [0.5, 0.6) is 0 Å². The normalized spacial score (nSPS) is 12.0. The minimum absolute atomic E-state index is 0.0750. The quantitative estimate of drug-likeness (QED) is 0.620. The molecule has 1 heterocycles. The van der Waals surface area contributed by atoms with E-state index in [0.29, 0.717) is 31.9 Å². The van der Waals surface area contributed by atoms with Crippen molar-refractivity contribution in [1.29, 1.82) is 0 Å². The molecule has 0 atom stereocenters. The summed E-state index contributed by atoms with van der Waals surface area (Å²) in [5.74, 6) is 0. The lowest BCUT2D eigenvalue weighted by Gasteiger charge is -2.22. The first-order valence-electron chi connectivity index (χ1n) is 6.70. The highest BCUT2D eigenvalue weighted by Crippen LogP contribution is 2.18. The Bertz CT molecular complexity index is 522. The van der Waals surface area contributed by atoms with E-state index in [9.17, 15) is 8.42 Å². The zero-order valence-corrected chi connectivity index (χ0v) is 13.3. The average molecular weight is 317 g/mol. The van der Waals surface area contributed by atoms with E-state index in [2.05, 4.69) is 4.98 Å². The van der Waals surface area contributed by atoms with E-state index in [1.807, 2.05) is 0 Å². The summed E-state index contributed by atoms with van der Waals surface area (Å²) < 4.78 is 36.8. The second kappa shape index (κ2) is 9.06. The number of ether oxygens (including phenoxy) is 2. The fourth-order valence-corrected chi connectivity index (χ4v) is 3.53. The molecule has 0 aliphatic rings. The van der Waals surface area contributed by atoms with Gasteiger partial charge in [-0.1, -0.05) is 0 Å². The van der Waals surface area contributed by atoms with E-state index >= 15 is 0 Å². The van der Waals surface area contributed by atoms with Gasteiger partial charge in [0.15, 0.2) is 0 Å². The van der Waals surface area contributed by atoms with Crippen LogP contribution in [0.3, 0.4) is 0 Å². The third kappa shape index (κ3) is 5.01. The van der Waals surface area contributed by atoms with Crippen LogP contribution in [0.25, 0.3) is 0 Å². The van der Waals surface area contributed by atoms with Gasteiger partial charge in [-0.3, -0.25) is 4.98 Å². The fourth-order valence-electron chi connectivity index (χ4n) is 1.88. The Morgan fingerprint density at radius 2 is 1.95 bits per heavy atom. The van der Waals surface area contributed by atoms with Gasteiger partial charge in [-0.15, -0.1) is 0 Å². The molecule has 0 aliphatic carbocycles. The highest BCUT2D eigenvalue weighted by atomic mass is 32.2. The summed E-state index contributed by atoms with van der Waals surface area (Å²) in [5, 5.41) is 0. The molecular weight excluding hydrogens is 294 g/mol. The van der Waals surface area contributed by atoms with Gasteiger partial charge in [0.25, 0.3) is 0 Å². The molecule has 0 spiro atoms. The van der Waals surface area contributed by atoms with Gasteiger partial charge in [0.2, 0.25) is 10.0 Å². The molecule has 0 unspecified atom stereocenters. The van der Waals surface area contributed by atoms with Crippen LogP contribution in [-0.4, -0.2) is 58.2 Å². The second-order valence-corrected chi connectivity index (χ2v) is 6.30. The van der Waals surface area contributed by atoms with E-state index < -0.39 is 10.0 Å². The van der Waals surface area contributed by atoms with Crippen LogP contribution in [-0.2, 0) is 26.0 Å². The number of hydrogen-bond donors (Lipinski definition) is 1. The molecule has 1 aromatic rings. The molecule has 0 fully saturated rings. The first kappa shape index (κ1) is 18.0. The molecule has 1 aromatic heterocycles. The van der Waals surface area contributed by atoms with Gasteiger partial charge < -0.3 is 15.2 Å². The third-order valence-electron chi connectivity index (χ3n) is 2.96. The minimum Gasteiger partial charge on any atom is -0.385 e. The molecular formula is C13H23N3O4S. The molecule has 0 radical (unpaired) electrons. The van der Waals surface area contributed by atoms with Crippen molar-refractivity contribution >= 4 is 10.0 Å². The Balaban J connectivity index is 3.01. The molecule has 0 aromatic carbocycles. The lowest BCUT2D eigenvalue weighted by Crippen LogP contribution is -2.36. The summed E-state index contributed by atoms with van der Waals surface area (Å²) in [5.41, 5.74) is 5.95. The summed E-state index contributed by atoms with van der Waals surface area (Å²) in [6, 6.07) is 3.12. The zero-order valence-electron chi connectivity index (χ0n) is 12.5. The third-order valence-corrected chi connectivity index (χ3v) is 4.93. The molecule has 21 heavy (non-hydrogen) atoms. The van der Waals surface area contributed by atoms with Crippen LogP contribution in [0, 0.1) is 0 Å². The van der Waals surface area contributed by atoms with Crippen LogP contribution < -0.4 is 5.73 Å². The number of nitrogens with zero attached hydrogens (tertiary/aromatic N) is 2. The maximum absolute atomic E-state index is 12.7. The van der Waals surface area contributed by atoms with Crippen LogP contribution in [0.1, 0.15) is 12.1 Å². The van der Waals surface area contributed by atoms with Crippen molar-refractivity contribution in [1.82, 2.24) is 9.29 Å². The standard InChI is InChI=1S/C13H23N3O4S/c1-19-9-4-7-16(8-10-20-2)21(17,18)13-5-3-6-15-12(13)11-14/h3,5-6H,4,7-11,14H2,1-2H3. The maximum Gasteiger partial charge on any atom is 0.245 e. The first-order chi connectivity index (χ1) is 10.1. The Labute approximate surface area is 126 Å². The Morgan fingerprint density at radius 1 is 1.24 bits per heavy atom. The van der Waals surface area contributed by atoms with Crippen molar-refractivity contribution in [3.63, 3.8) is 0 Å². The first-order valence-corrected chi connectivity index (χ1v) is 8.14. The lowest BCUT2D eigenvalue weighted by molar-refractivity contribution is 0.164. The van der Waals surface area contributed by atoms with E-state index in [1.165, 1.54) is 23.7 Å². The molecule has 1 rings (SSSR count). The number of pyridine rings is 1. The molecule has 0 saturated heterocycles. The largest absolute Gasteiger partial charge is 0.385 e. The molecule has 0 amide bonds.